The summed E-state index contributed by atoms with van der Waals surface area (Å²) < 4.78 is 9.65. The lowest BCUT2D eigenvalue weighted by Gasteiger charge is -2.10. The minimum absolute atomic E-state index is 0.121. The van der Waals surface area contributed by atoms with E-state index in [0.29, 0.717) is 12.8 Å². The van der Waals surface area contributed by atoms with Gasteiger partial charge in [0.1, 0.15) is 0 Å². The Bertz CT molecular complexity index is 394. The van der Waals surface area contributed by atoms with Crippen molar-refractivity contribution in [1.29, 1.82) is 0 Å². The van der Waals surface area contributed by atoms with Crippen molar-refractivity contribution in [3.63, 3.8) is 0 Å². The van der Waals surface area contributed by atoms with Gasteiger partial charge in [-0.1, -0.05) is 78.1 Å². The number of aliphatic hydroxyl groups excluding tert-OH is 1. The lowest BCUT2D eigenvalue weighted by Crippen LogP contribution is -2.37. The van der Waals surface area contributed by atoms with Crippen molar-refractivity contribution in [2.24, 2.45) is 0 Å². The molecule has 152 valence electrons. The van der Waals surface area contributed by atoms with Crippen LogP contribution in [0.25, 0.3) is 0 Å². The number of ketones is 1. The van der Waals surface area contributed by atoms with Gasteiger partial charge in [0.25, 0.3) is 5.78 Å². The molecule has 0 radical (unpaired) electrons. The number of ether oxygens (including phenoxy) is 2. The highest BCUT2D eigenvalue weighted by Gasteiger charge is 2.32. The molecule has 1 N–H and O–H groups in total. The number of aliphatic hydroxyl groups is 1. The summed E-state index contributed by atoms with van der Waals surface area (Å²) in [6.07, 6.45) is 10.2. The lowest BCUT2D eigenvalue weighted by atomic mass is 10.1. The molecule has 0 bridgehead atoms. The first kappa shape index (κ1) is 24.6. The summed E-state index contributed by atoms with van der Waals surface area (Å²) in [5.74, 6) is -3.52. The molecule has 0 aromatic rings. The van der Waals surface area contributed by atoms with Crippen LogP contribution in [0.3, 0.4) is 0 Å². The Morgan fingerprint density at radius 1 is 0.692 bits per heavy atom. The first-order valence-corrected chi connectivity index (χ1v) is 10.1. The van der Waals surface area contributed by atoms with Crippen LogP contribution in [-0.4, -0.2) is 42.1 Å². The molecule has 0 aliphatic rings. The van der Waals surface area contributed by atoms with E-state index in [1.165, 1.54) is 12.8 Å². The molecule has 0 aliphatic heterocycles. The molecule has 0 aliphatic carbocycles. The number of hydrogen-bond acceptors (Lipinski definition) is 6. The maximum absolute atomic E-state index is 11.7. The summed E-state index contributed by atoms with van der Waals surface area (Å²) in [5.41, 5.74) is 0. The zero-order valence-electron chi connectivity index (χ0n) is 16.5. The van der Waals surface area contributed by atoms with Crippen molar-refractivity contribution in [2.45, 2.75) is 97.0 Å². The molecule has 0 heterocycles. The Labute approximate surface area is 157 Å². The SMILES string of the molecule is CCCCCCCCOC(=O)C(=O)C(O)C(=O)OCCCCCCCC. The third-order valence-corrected chi connectivity index (χ3v) is 4.15. The van der Waals surface area contributed by atoms with E-state index in [1.54, 1.807) is 0 Å². The molecule has 0 aromatic heterocycles. The van der Waals surface area contributed by atoms with Crippen LogP contribution >= 0.6 is 0 Å². The highest BCUT2D eigenvalue weighted by atomic mass is 16.6. The summed E-state index contributed by atoms with van der Waals surface area (Å²) >= 11 is 0. The first-order chi connectivity index (χ1) is 12.5. The Hall–Kier alpha value is -1.43. The van der Waals surface area contributed by atoms with E-state index >= 15 is 0 Å². The number of esters is 2. The van der Waals surface area contributed by atoms with Gasteiger partial charge in [0.05, 0.1) is 13.2 Å². The van der Waals surface area contributed by atoms with Crippen LogP contribution in [0, 0.1) is 0 Å². The Kier molecular flexibility index (Phi) is 16.1. The van der Waals surface area contributed by atoms with Crippen LogP contribution in [0.1, 0.15) is 90.9 Å². The lowest BCUT2D eigenvalue weighted by molar-refractivity contribution is -0.166. The second kappa shape index (κ2) is 17.0. The summed E-state index contributed by atoms with van der Waals surface area (Å²) in [5, 5.41) is 9.60. The fraction of sp³-hybridized carbons (Fsp3) is 0.850. The predicted molar refractivity (Wildman–Crippen MR) is 99.7 cm³/mol. The van der Waals surface area contributed by atoms with Crippen molar-refractivity contribution in [3.8, 4) is 0 Å². The van der Waals surface area contributed by atoms with Crippen molar-refractivity contribution in [2.75, 3.05) is 13.2 Å². The zero-order valence-corrected chi connectivity index (χ0v) is 16.5. The van der Waals surface area contributed by atoms with Crippen LogP contribution in [0.2, 0.25) is 0 Å². The van der Waals surface area contributed by atoms with Crippen LogP contribution < -0.4 is 0 Å². The summed E-state index contributed by atoms with van der Waals surface area (Å²) in [6, 6.07) is 0. The van der Waals surface area contributed by atoms with Gasteiger partial charge in [0, 0.05) is 0 Å². The maximum atomic E-state index is 11.7. The van der Waals surface area contributed by atoms with Gasteiger partial charge >= 0.3 is 11.9 Å². The maximum Gasteiger partial charge on any atom is 0.378 e. The molecule has 0 saturated carbocycles. The van der Waals surface area contributed by atoms with Gasteiger partial charge < -0.3 is 14.6 Å². The Morgan fingerprint density at radius 3 is 1.62 bits per heavy atom. The van der Waals surface area contributed by atoms with Crippen LogP contribution in [0.15, 0.2) is 0 Å². The molecule has 0 rings (SSSR count). The van der Waals surface area contributed by atoms with Gasteiger partial charge in [-0.05, 0) is 12.8 Å². The molecule has 0 spiro atoms. The monoisotopic (exact) mass is 372 g/mol. The van der Waals surface area contributed by atoms with Gasteiger partial charge in [0.2, 0.25) is 6.10 Å². The second-order valence-electron chi connectivity index (χ2n) is 6.61. The topological polar surface area (TPSA) is 89.9 Å². The highest BCUT2D eigenvalue weighted by Crippen LogP contribution is 2.06. The number of carbonyl (C=O) groups is 3. The van der Waals surface area contributed by atoms with E-state index < -0.39 is 23.8 Å². The third-order valence-electron chi connectivity index (χ3n) is 4.15. The minimum atomic E-state index is -2.09. The average Bonchev–Trinajstić information content (AvgIpc) is 2.64. The van der Waals surface area contributed by atoms with E-state index in [4.69, 9.17) is 9.47 Å². The smallest absolute Gasteiger partial charge is 0.378 e. The normalized spacial score (nSPS) is 11.8. The average molecular weight is 373 g/mol. The molecule has 0 aromatic carbocycles. The van der Waals surface area contributed by atoms with Crippen molar-refractivity contribution in [1.82, 2.24) is 0 Å². The summed E-state index contributed by atoms with van der Waals surface area (Å²) in [7, 11) is 0. The van der Waals surface area contributed by atoms with Crippen LogP contribution in [0.5, 0.6) is 0 Å². The van der Waals surface area contributed by atoms with Gasteiger partial charge in [0.15, 0.2) is 0 Å². The zero-order chi connectivity index (χ0) is 19.6. The highest BCUT2D eigenvalue weighted by molar-refractivity contribution is 6.39. The predicted octanol–water partition coefficient (Wildman–Crippen LogP) is 3.72. The fourth-order valence-corrected chi connectivity index (χ4v) is 2.47. The molecule has 26 heavy (non-hydrogen) atoms. The molecule has 0 amide bonds. The molecular formula is C20H36O6. The molecule has 6 nitrogen and oxygen atoms in total. The molecule has 0 saturated heterocycles. The van der Waals surface area contributed by atoms with Gasteiger partial charge in [-0.25, -0.2) is 9.59 Å². The van der Waals surface area contributed by atoms with Gasteiger partial charge in [-0.15, -0.1) is 0 Å². The fourth-order valence-electron chi connectivity index (χ4n) is 2.47. The van der Waals surface area contributed by atoms with E-state index in [1.807, 2.05) is 0 Å². The van der Waals surface area contributed by atoms with E-state index in [9.17, 15) is 19.5 Å². The van der Waals surface area contributed by atoms with Gasteiger partial charge in [-0.3, -0.25) is 4.79 Å². The van der Waals surface area contributed by atoms with E-state index in [-0.39, 0.29) is 13.2 Å². The largest absolute Gasteiger partial charge is 0.463 e. The summed E-state index contributed by atoms with van der Waals surface area (Å²) in [6.45, 7) is 4.54. The minimum Gasteiger partial charge on any atom is -0.463 e. The van der Waals surface area contributed by atoms with Gasteiger partial charge in [-0.2, -0.15) is 0 Å². The van der Waals surface area contributed by atoms with E-state index in [2.05, 4.69) is 13.8 Å². The standard InChI is InChI=1S/C20H36O6/c1-3-5-7-9-11-13-15-25-19(23)17(21)18(22)20(24)26-16-14-12-10-8-6-4-2/h17,21H,3-16H2,1-2H3. The van der Waals surface area contributed by atoms with Crippen LogP contribution in [0.4, 0.5) is 0 Å². The quantitative estimate of drug-likeness (QED) is 0.181. The molecule has 1 atom stereocenters. The van der Waals surface area contributed by atoms with Crippen molar-refractivity contribution < 1.29 is 29.0 Å². The summed E-state index contributed by atoms with van der Waals surface area (Å²) in [4.78, 5) is 34.8. The van der Waals surface area contributed by atoms with Crippen molar-refractivity contribution in [3.05, 3.63) is 0 Å². The second-order valence-corrected chi connectivity index (χ2v) is 6.61. The third kappa shape index (κ3) is 12.9. The molecule has 6 heteroatoms. The Balaban J connectivity index is 3.80. The number of unbranched alkanes of at least 4 members (excludes halogenated alkanes) is 10. The number of rotatable bonds is 17. The Morgan fingerprint density at radius 2 is 1.12 bits per heavy atom. The van der Waals surface area contributed by atoms with E-state index in [0.717, 1.165) is 51.4 Å². The number of carbonyl (C=O) groups excluding carboxylic acids is 3. The molecule has 1 unspecified atom stereocenters. The molecular weight excluding hydrogens is 336 g/mol. The molecule has 0 fully saturated rings. The van der Waals surface area contributed by atoms with Crippen molar-refractivity contribution >= 4 is 17.7 Å². The first-order valence-electron chi connectivity index (χ1n) is 10.1. The number of Topliss-reactive ketones (excluding diaryl/α,β-unsaturated/α-hetero) is 1. The number of hydrogen-bond donors (Lipinski definition) is 1. The van der Waals surface area contributed by atoms with Crippen LogP contribution in [-0.2, 0) is 23.9 Å².